The summed E-state index contributed by atoms with van der Waals surface area (Å²) in [6, 6.07) is 19.1. The van der Waals surface area contributed by atoms with Crippen LogP contribution in [0.4, 0.5) is 5.69 Å². The monoisotopic (exact) mass is 515 g/mol. The van der Waals surface area contributed by atoms with Crippen LogP contribution in [0.1, 0.15) is 37.9 Å². The van der Waals surface area contributed by atoms with Gasteiger partial charge in [0.2, 0.25) is 11.8 Å². The summed E-state index contributed by atoms with van der Waals surface area (Å²) in [7, 11) is 3.08. The number of para-hydroxylation sites is 1. The molecule has 2 amide bonds. The molecule has 1 atom stereocenters. The minimum atomic E-state index is -1.07. The van der Waals surface area contributed by atoms with Crippen molar-refractivity contribution >= 4 is 28.5 Å². The lowest BCUT2D eigenvalue weighted by atomic mass is 9.99. The summed E-state index contributed by atoms with van der Waals surface area (Å²) in [5, 5.41) is 11.4. The molecule has 0 aliphatic rings. The Morgan fingerprint density at radius 3 is 2.45 bits per heavy atom. The van der Waals surface area contributed by atoms with Crippen LogP contribution in [0, 0.1) is 6.92 Å². The molecule has 0 fully saturated rings. The van der Waals surface area contributed by atoms with Gasteiger partial charge in [-0.3, -0.25) is 14.5 Å². The normalized spacial score (nSPS) is 12.2. The van der Waals surface area contributed by atoms with E-state index in [1.165, 1.54) is 12.0 Å². The highest BCUT2D eigenvalue weighted by molar-refractivity contribution is 6.02. The molecule has 198 valence electrons. The van der Waals surface area contributed by atoms with Gasteiger partial charge in [-0.1, -0.05) is 29.5 Å². The zero-order chi connectivity index (χ0) is 27.4. The SMILES string of the molecule is COc1ccc(OC)c([C@@H](C(=O)NC(C)(C)C)N(C(=O)Cn2nnc3ccccc32)c2cccc(C)c2)c1. The van der Waals surface area contributed by atoms with Crippen molar-refractivity contribution in [3.05, 3.63) is 77.9 Å². The van der Waals surface area contributed by atoms with E-state index in [1.54, 1.807) is 30.0 Å². The van der Waals surface area contributed by atoms with Crippen molar-refractivity contribution in [2.24, 2.45) is 0 Å². The number of carbonyl (C=O) groups excluding carboxylic acids is 2. The van der Waals surface area contributed by atoms with Gasteiger partial charge in [0.05, 0.1) is 19.7 Å². The van der Waals surface area contributed by atoms with E-state index in [2.05, 4.69) is 15.6 Å². The summed E-state index contributed by atoms with van der Waals surface area (Å²) >= 11 is 0. The van der Waals surface area contributed by atoms with Crippen molar-refractivity contribution in [1.29, 1.82) is 0 Å². The highest BCUT2D eigenvalue weighted by Gasteiger charge is 2.37. The first kappa shape index (κ1) is 26.7. The van der Waals surface area contributed by atoms with Crippen LogP contribution in [0.5, 0.6) is 11.5 Å². The van der Waals surface area contributed by atoms with Crippen LogP contribution in [0.2, 0.25) is 0 Å². The van der Waals surface area contributed by atoms with Crippen molar-refractivity contribution in [3.63, 3.8) is 0 Å². The number of ether oxygens (including phenoxy) is 2. The quantitative estimate of drug-likeness (QED) is 0.372. The number of nitrogens with zero attached hydrogens (tertiary/aromatic N) is 4. The number of rotatable bonds is 8. The van der Waals surface area contributed by atoms with Gasteiger partial charge in [0.15, 0.2) is 0 Å². The molecule has 9 nitrogen and oxygen atoms in total. The summed E-state index contributed by atoms with van der Waals surface area (Å²) in [6.45, 7) is 7.49. The van der Waals surface area contributed by atoms with E-state index in [0.29, 0.717) is 28.3 Å². The summed E-state index contributed by atoms with van der Waals surface area (Å²) < 4.78 is 12.7. The van der Waals surface area contributed by atoms with Crippen LogP contribution in [0.15, 0.2) is 66.7 Å². The van der Waals surface area contributed by atoms with Crippen LogP contribution in [-0.4, -0.2) is 46.6 Å². The number of carbonyl (C=O) groups is 2. The molecule has 0 spiro atoms. The molecule has 0 aliphatic heterocycles. The molecule has 0 radical (unpaired) electrons. The van der Waals surface area contributed by atoms with Gasteiger partial charge in [0.25, 0.3) is 0 Å². The number of methoxy groups -OCH3 is 2. The van der Waals surface area contributed by atoms with E-state index >= 15 is 0 Å². The van der Waals surface area contributed by atoms with Gasteiger partial charge in [-0.05, 0) is 75.7 Å². The second kappa shape index (κ2) is 10.9. The van der Waals surface area contributed by atoms with Gasteiger partial charge >= 0.3 is 0 Å². The third-order valence-electron chi connectivity index (χ3n) is 5.99. The maximum absolute atomic E-state index is 14.2. The van der Waals surface area contributed by atoms with Crippen molar-refractivity contribution < 1.29 is 19.1 Å². The van der Waals surface area contributed by atoms with Gasteiger partial charge in [0.1, 0.15) is 29.6 Å². The molecule has 4 rings (SSSR count). The van der Waals surface area contributed by atoms with Gasteiger partial charge in [-0.25, -0.2) is 4.68 Å². The lowest BCUT2D eigenvalue weighted by Gasteiger charge is -2.34. The number of anilines is 1. The summed E-state index contributed by atoms with van der Waals surface area (Å²) in [6.07, 6.45) is 0. The maximum Gasteiger partial charge on any atom is 0.249 e. The van der Waals surface area contributed by atoms with Gasteiger partial charge in [0, 0.05) is 16.8 Å². The van der Waals surface area contributed by atoms with E-state index < -0.39 is 11.6 Å². The number of fused-ring (bicyclic) bond motifs is 1. The molecular weight excluding hydrogens is 482 g/mol. The molecule has 0 unspecified atom stereocenters. The highest BCUT2D eigenvalue weighted by atomic mass is 16.5. The predicted molar refractivity (Wildman–Crippen MR) is 146 cm³/mol. The Balaban J connectivity index is 1.90. The molecular formula is C29H33N5O4. The van der Waals surface area contributed by atoms with Crippen LogP contribution in [0.25, 0.3) is 11.0 Å². The molecule has 4 aromatic rings. The predicted octanol–water partition coefficient (Wildman–Crippen LogP) is 4.45. The number of amides is 2. The standard InChI is InChI=1S/C29H33N5O4/c1-19-10-9-11-20(16-19)34(26(35)18-33-24-13-8-7-12-23(24)31-32-33)27(28(36)30-29(2,3)4)22-17-21(37-5)14-15-25(22)38-6/h7-17,27H,18H2,1-6H3,(H,30,36)/t27-/m0/s1. The third-order valence-corrected chi connectivity index (χ3v) is 5.99. The molecule has 1 N–H and O–H groups in total. The molecule has 1 aromatic heterocycles. The molecule has 0 saturated heterocycles. The van der Waals surface area contributed by atoms with Crippen LogP contribution < -0.4 is 19.7 Å². The Morgan fingerprint density at radius 2 is 1.76 bits per heavy atom. The number of aryl methyl sites for hydroxylation is 1. The Labute approximate surface area is 222 Å². The smallest absolute Gasteiger partial charge is 0.249 e. The zero-order valence-electron chi connectivity index (χ0n) is 22.6. The number of aromatic nitrogens is 3. The van der Waals surface area contributed by atoms with E-state index in [-0.39, 0.29) is 18.4 Å². The summed E-state index contributed by atoms with van der Waals surface area (Å²) in [5.74, 6) is 0.289. The van der Waals surface area contributed by atoms with Gasteiger partial charge < -0.3 is 14.8 Å². The summed E-state index contributed by atoms with van der Waals surface area (Å²) in [5.41, 5.74) is 2.85. The van der Waals surface area contributed by atoms with E-state index in [0.717, 1.165) is 11.1 Å². The third kappa shape index (κ3) is 5.77. The fourth-order valence-electron chi connectivity index (χ4n) is 4.34. The Bertz CT molecular complexity index is 1460. The van der Waals surface area contributed by atoms with E-state index in [9.17, 15) is 9.59 Å². The van der Waals surface area contributed by atoms with Gasteiger partial charge in [-0.2, -0.15) is 0 Å². The molecule has 0 bridgehead atoms. The average molecular weight is 516 g/mol. The zero-order valence-corrected chi connectivity index (χ0v) is 22.6. The van der Waals surface area contributed by atoms with Crippen LogP contribution >= 0.6 is 0 Å². The first-order chi connectivity index (χ1) is 18.1. The number of nitrogens with one attached hydrogen (secondary N) is 1. The second-order valence-electron chi connectivity index (χ2n) is 10.1. The first-order valence-electron chi connectivity index (χ1n) is 12.3. The molecule has 38 heavy (non-hydrogen) atoms. The van der Waals surface area contributed by atoms with Gasteiger partial charge in [-0.15, -0.1) is 5.10 Å². The number of hydrogen-bond donors (Lipinski definition) is 1. The molecule has 0 aliphatic carbocycles. The maximum atomic E-state index is 14.2. The molecule has 9 heteroatoms. The van der Waals surface area contributed by atoms with Crippen LogP contribution in [0.3, 0.4) is 0 Å². The largest absolute Gasteiger partial charge is 0.497 e. The first-order valence-corrected chi connectivity index (χ1v) is 12.3. The van der Waals surface area contributed by atoms with E-state index in [1.807, 2.05) is 76.2 Å². The number of hydrogen-bond acceptors (Lipinski definition) is 6. The highest BCUT2D eigenvalue weighted by Crippen LogP contribution is 2.36. The Hall–Kier alpha value is -4.40. The Morgan fingerprint density at radius 1 is 1.00 bits per heavy atom. The topological polar surface area (TPSA) is 98.6 Å². The van der Waals surface area contributed by atoms with Crippen molar-refractivity contribution in [3.8, 4) is 11.5 Å². The van der Waals surface area contributed by atoms with Crippen LogP contribution in [-0.2, 0) is 16.1 Å². The fourth-order valence-corrected chi connectivity index (χ4v) is 4.34. The molecule has 1 heterocycles. The van der Waals surface area contributed by atoms with Crippen molar-refractivity contribution in [2.45, 2.75) is 45.8 Å². The lowest BCUT2D eigenvalue weighted by molar-refractivity contribution is -0.128. The fraction of sp³-hybridized carbons (Fsp3) is 0.310. The number of benzene rings is 3. The summed E-state index contributed by atoms with van der Waals surface area (Å²) in [4.78, 5) is 29.7. The minimum absolute atomic E-state index is 0.125. The Kier molecular flexibility index (Phi) is 7.66. The van der Waals surface area contributed by atoms with Crippen molar-refractivity contribution in [1.82, 2.24) is 20.3 Å². The molecule has 0 saturated carbocycles. The average Bonchev–Trinajstić information content (AvgIpc) is 3.28. The van der Waals surface area contributed by atoms with Crippen molar-refractivity contribution in [2.75, 3.05) is 19.1 Å². The second-order valence-corrected chi connectivity index (χ2v) is 10.1. The molecule has 3 aromatic carbocycles. The minimum Gasteiger partial charge on any atom is -0.497 e. The van der Waals surface area contributed by atoms with E-state index in [4.69, 9.17) is 9.47 Å². The lowest BCUT2D eigenvalue weighted by Crippen LogP contribution is -2.50.